The molecule has 0 bridgehead atoms. The van der Waals surface area contributed by atoms with Gasteiger partial charge in [0.25, 0.3) is 0 Å². The highest BCUT2D eigenvalue weighted by Crippen LogP contribution is 2.51. The first-order chi connectivity index (χ1) is 11.9. The second-order valence-corrected chi connectivity index (χ2v) is 6.60. The Bertz CT molecular complexity index is 639. The van der Waals surface area contributed by atoms with Crippen LogP contribution in [0.4, 0.5) is 0 Å². The van der Waals surface area contributed by atoms with Crippen LogP contribution in [0, 0.1) is 5.92 Å². The molecule has 0 heterocycles. The van der Waals surface area contributed by atoms with Crippen LogP contribution in [0.1, 0.15) is 51.0 Å². The molecule has 138 valence electrons. The van der Waals surface area contributed by atoms with Crippen molar-refractivity contribution in [3.05, 3.63) is 23.8 Å². The molecule has 0 radical (unpaired) electrons. The van der Waals surface area contributed by atoms with E-state index in [1.807, 2.05) is 32.0 Å². The summed E-state index contributed by atoms with van der Waals surface area (Å²) >= 11 is 0. The van der Waals surface area contributed by atoms with Gasteiger partial charge in [0, 0.05) is 22.9 Å². The number of aliphatic carboxylic acids is 1. The van der Waals surface area contributed by atoms with Crippen molar-refractivity contribution in [2.75, 3.05) is 14.2 Å². The highest BCUT2D eigenvalue weighted by Gasteiger charge is 2.47. The third kappa shape index (κ3) is 4.24. The molecule has 2 unspecified atom stereocenters. The van der Waals surface area contributed by atoms with Gasteiger partial charge in [-0.2, -0.15) is 0 Å². The van der Waals surface area contributed by atoms with Crippen LogP contribution in [0.25, 0.3) is 0 Å². The summed E-state index contributed by atoms with van der Waals surface area (Å²) in [5.74, 6) is 0.396. The molecule has 1 fully saturated rings. The summed E-state index contributed by atoms with van der Waals surface area (Å²) in [4.78, 5) is 23.8. The normalized spacial score (nSPS) is 19.2. The van der Waals surface area contributed by atoms with Crippen molar-refractivity contribution in [3.63, 3.8) is 0 Å². The van der Waals surface area contributed by atoms with E-state index in [4.69, 9.17) is 14.6 Å². The summed E-state index contributed by atoms with van der Waals surface area (Å²) in [6.45, 7) is 3.81. The molecule has 1 aliphatic carbocycles. The van der Waals surface area contributed by atoms with E-state index in [1.165, 1.54) is 0 Å². The predicted octanol–water partition coefficient (Wildman–Crippen LogP) is 2.96. The first kappa shape index (κ1) is 19.1. The molecule has 1 amide bonds. The number of benzene rings is 1. The van der Waals surface area contributed by atoms with Gasteiger partial charge in [-0.25, -0.2) is 0 Å². The Kier molecular flexibility index (Phi) is 5.93. The zero-order valence-corrected chi connectivity index (χ0v) is 15.3. The SMILES string of the molecule is CCC(CC)(CC(=O)O)NC(=O)C1CC1c1cc(OC)ccc1OC. The second kappa shape index (κ2) is 7.76. The highest BCUT2D eigenvalue weighted by atomic mass is 16.5. The minimum atomic E-state index is -0.897. The monoisotopic (exact) mass is 349 g/mol. The van der Waals surface area contributed by atoms with Crippen LogP contribution < -0.4 is 14.8 Å². The molecule has 6 heteroatoms. The lowest BCUT2D eigenvalue weighted by molar-refractivity contribution is -0.139. The van der Waals surface area contributed by atoms with E-state index in [2.05, 4.69) is 5.32 Å². The molecule has 6 nitrogen and oxygen atoms in total. The van der Waals surface area contributed by atoms with Gasteiger partial charge in [-0.3, -0.25) is 9.59 Å². The molecule has 0 spiro atoms. The van der Waals surface area contributed by atoms with Crippen molar-refractivity contribution in [2.45, 2.75) is 51.0 Å². The number of nitrogens with one attached hydrogen (secondary N) is 1. The lowest BCUT2D eigenvalue weighted by Crippen LogP contribution is -2.49. The fraction of sp³-hybridized carbons (Fsp3) is 0.579. The predicted molar refractivity (Wildman–Crippen MR) is 94.1 cm³/mol. The van der Waals surface area contributed by atoms with Crippen molar-refractivity contribution in [2.24, 2.45) is 5.92 Å². The molecule has 25 heavy (non-hydrogen) atoms. The Morgan fingerprint density at radius 1 is 1.24 bits per heavy atom. The molecule has 2 atom stereocenters. The molecular weight excluding hydrogens is 322 g/mol. The Hall–Kier alpha value is -2.24. The molecule has 1 saturated carbocycles. The maximum absolute atomic E-state index is 12.7. The molecule has 1 aliphatic rings. The van der Waals surface area contributed by atoms with Crippen molar-refractivity contribution >= 4 is 11.9 Å². The van der Waals surface area contributed by atoms with Gasteiger partial charge in [0.2, 0.25) is 5.91 Å². The summed E-state index contributed by atoms with van der Waals surface area (Å²) in [6.07, 6.45) is 1.83. The molecule has 0 aliphatic heterocycles. The molecular formula is C19H27NO5. The van der Waals surface area contributed by atoms with E-state index in [0.717, 1.165) is 23.5 Å². The van der Waals surface area contributed by atoms with E-state index in [1.54, 1.807) is 14.2 Å². The number of carbonyl (C=O) groups excluding carboxylic acids is 1. The maximum atomic E-state index is 12.7. The smallest absolute Gasteiger partial charge is 0.305 e. The summed E-state index contributed by atoms with van der Waals surface area (Å²) in [7, 11) is 3.21. The third-order valence-corrected chi connectivity index (χ3v) is 5.20. The summed E-state index contributed by atoms with van der Waals surface area (Å²) < 4.78 is 10.7. The standard InChI is InChI=1S/C19H27NO5/c1-5-19(6-2,11-17(21)22)20-18(23)15-10-13(15)14-9-12(24-3)7-8-16(14)25-4/h7-9,13,15H,5-6,10-11H2,1-4H3,(H,20,23)(H,21,22). The molecule has 2 N–H and O–H groups in total. The van der Waals surface area contributed by atoms with Gasteiger partial charge >= 0.3 is 5.97 Å². The Morgan fingerprint density at radius 3 is 2.44 bits per heavy atom. The van der Waals surface area contributed by atoms with Gasteiger partial charge < -0.3 is 19.9 Å². The fourth-order valence-corrected chi connectivity index (χ4v) is 3.32. The van der Waals surface area contributed by atoms with E-state index in [0.29, 0.717) is 12.8 Å². The number of methoxy groups -OCH3 is 2. The van der Waals surface area contributed by atoms with Gasteiger partial charge in [0.15, 0.2) is 0 Å². The van der Waals surface area contributed by atoms with Crippen molar-refractivity contribution in [1.29, 1.82) is 0 Å². The second-order valence-electron chi connectivity index (χ2n) is 6.60. The third-order valence-electron chi connectivity index (χ3n) is 5.20. The van der Waals surface area contributed by atoms with Crippen molar-refractivity contribution in [3.8, 4) is 11.5 Å². The van der Waals surface area contributed by atoms with E-state index >= 15 is 0 Å². The topological polar surface area (TPSA) is 84.9 Å². The lowest BCUT2D eigenvalue weighted by Gasteiger charge is -2.31. The van der Waals surface area contributed by atoms with Crippen LogP contribution in [0.5, 0.6) is 11.5 Å². The van der Waals surface area contributed by atoms with Crippen LogP contribution in [0.15, 0.2) is 18.2 Å². The van der Waals surface area contributed by atoms with E-state index in [9.17, 15) is 9.59 Å². The molecule has 0 saturated heterocycles. The number of carboxylic acids is 1. The van der Waals surface area contributed by atoms with E-state index in [-0.39, 0.29) is 24.2 Å². The fourth-order valence-electron chi connectivity index (χ4n) is 3.32. The Morgan fingerprint density at radius 2 is 1.92 bits per heavy atom. The number of hydrogen-bond acceptors (Lipinski definition) is 4. The quantitative estimate of drug-likeness (QED) is 0.716. The maximum Gasteiger partial charge on any atom is 0.305 e. The Balaban J connectivity index is 2.12. The average Bonchev–Trinajstić information content (AvgIpc) is 3.40. The van der Waals surface area contributed by atoms with Crippen LogP contribution in [-0.4, -0.2) is 36.7 Å². The van der Waals surface area contributed by atoms with Crippen LogP contribution in [-0.2, 0) is 9.59 Å². The minimum Gasteiger partial charge on any atom is -0.497 e. The highest BCUT2D eigenvalue weighted by molar-refractivity contribution is 5.84. The van der Waals surface area contributed by atoms with Gasteiger partial charge in [-0.15, -0.1) is 0 Å². The van der Waals surface area contributed by atoms with Gasteiger partial charge in [0.05, 0.1) is 20.6 Å². The first-order valence-corrected chi connectivity index (χ1v) is 8.65. The zero-order chi connectivity index (χ0) is 18.6. The first-order valence-electron chi connectivity index (χ1n) is 8.65. The van der Waals surface area contributed by atoms with Crippen LogP contribution in [0.3, 0.4) is 0 Å². The number of ether oxygens (including phenoxy) is 2. The Labute approximate surface area is 148 Å². The number of carboxylic acid groups (broad SMARTS) is 1. The molecule has 1 aromatic carbocycles. The van der Waals surface area contributed by atoms with Gasteiger partial charge in [0.1, 0.15) is 11.5 Å². The molecule has 1 aromatic rings. The average molecular weight is 349 g/mol. The van der Waals surface area contributed by atoms with Gasteiger partial charge in [-0.1, -0.05) is 13.8 Å². The molecule has 2 rings (SSSR count). The minimum absolute atomic E-state index is 0.0639. The summed E-state index contributed by atoms with van der Waals surface area (Å²) in [5.41, 5.74) is 0.271. The largest absolute Gasteiger partial charge is 0.497 e. The number of hydrogen-bond donors (Lipinski definition) is 2. The number of carbonyl (C=O) groups is 2. The molecule has 0 aromatic heterocycles. The number of amides is 1. The van der Waals surface area contributed by atoms with Crippen LogP contribution >= 0.6 is 0 Å². The number of rotatable bonds is 9. The van der Waals surface area contributed by atoms with Crippen molar-refractivity contribution < 1.29 is 24.2 Å². The van der Waals surface area contributed by atoms with E-state index < -0.39 is 11.5 Å². The lowest BCUT2D eigenvalue weighted by atomic mass is 9.88. The van der Waals surface area contributed by atoms with Gasteiger partial charge in [-0.05, 0) is 37.5 Å². The summed E-state index contributed by atoms with van der Waals surface area (Å²) in [6, 6.07) is 5.57. The van der Waals surface area contributed by atoms with Crippen LogP contribution in [0.2, 0.25) is 0 Å². The summed E-state index contributed by atoms with van der Waals surface area (Å²) in [5, 5.41) is 12.1. The van der Waals surface area contributed by atoms with Crippen molar-refractivity contribution in [1.82, 2.24) is 5.32 Å². The zero-order valence-electron chi connectivity index (χ0n) is 15.3.